The van der Waals surface area contributed by atoms with Gasteiger partial charge in [0.15, 0.2) is 0 Å². The van der Waals surface area contributed by atoms with E-state index in [4.69, 9.17) is 9.15 Å². The van der Waals surface area contributed by atoms with E-state index in [-0.39, 0.29) is 18.5 Å². The van der Waals surface area contributed by atoms with Crippen LogP contribution in [0.4, 0.5) is 0 Å². The van der Waals surface area contributed by atoms with Crippen LogP contribution in [0, 0.1) is 5.92 Å². The normalized spacial score (nSPS) is 22.4. The van der Waals surface area contributed by atoms with Crippen LogP contribution in [0.2, 0.25) is 0 Å². The van der Waals surface area contributed by atoms with Crippen molar-refractivity contribution in [2.24, 2.45) is 5.92 Å². The van der Waals surface area contributed by atoms with Crippen molar-refractivity contribution < 1.29 is 9.15 Å². The summed E-state index contributed by atoms with van der Waals surface area (Å²) < 4.78 is 11.1. The molecule has 1 aromatic heterocycles. The van der Waals surface area contributed by atoms with E-state index in [1.165, 1.54) is 12.8 Å². The number of halogens is 1. The van der Waals surface area contributed by atoms with Gasteiger partial charge in [0, 0.05) is 6.54 Å². The third-order valence-electron chi connectivity index (χ3n) is 2.92. The van der Waals surface area contributed by atoms with Crippen LogP contribution in [0.25, 0.3) is 0 Å². The van der Waals surface area contributed by atoms with Crippen LogP contribution in [0.3, 0.4) is 0 Å². The van der Waals surface area contributed by atoms with Crippen LogP contribution in [0.5, 0.6) is 0 Å². The topological polar surface area (TPSA) is 34.4 Å². The molecule has 0 saturated carbocycles. The van der Waals surface area contributed by atoms with Crippen LogP contribution in [0.15, 0.2) is 22.8 Å². The Kier molecular flexibility index (Phi) is 5.88. The lowest BCUT2D eigenvalue weighted by Gasteiger charge is -2.23. The van der Waals surface area contributed by atoms with Gasteiger partial charge < -0.3 is 14.5 Å². The summed E-state index contributed by atoms with van der Waals surface area (Å²) in [4.78, 5) is 0. The number of ether oxygens (including phenoxy) is 1. The first-order valence-corrected chi connectivity index (χ1v) is 5.72. The summed E-state index contributed by atoms with van der Waals surface area (Å²) in [7, 11) is 0. The summed E-state index contributed by atoms with van der Waals surface area (Å²) in [6.45, 7) is 5.11. The van der Waals surface area contributed by atoms with Crippen molar-refractivity contribution in [1.82, 2.24) is 5.32 Å². The van der Waals surface area contributed by atoms with Gasteiger partial charge in [0.05, 0.1) is 12.9 Å². The molecule has 2 rings (SSSR count). The number of hydrogen-bond donors (Lipinski definition) is 1. The summed E-state index contributed by atoms with van der Waals surface area (Å²) in [6.07, 6.45) is 4.31. The zero-order chi connectivity index (χ0) is 10.5. The molecule has 1 aliphatic heterocycles. The first kappa shape index (κ1) is 13.6. The van der Waals surface area contributed by atoms with E-state index in [0.717, 1.165) is 25.5 Å². The summed E-state index contributed by atoms with van der Waals surface area (Å²) in [6, 6.07) is 3.86. The fourth-order valence-electron chi connectivity index (χ4n) is 1.95. The molecule has 1 aromatic rings. The fourth-order valence-corrected chi connectivity index (χ4v) is 1.95. The largest absolute Gasteiger partial charge is 0.467 e. The highest BCUT2D eigenvalue weighted by molar-refractivity contribution is 5.85. The lowest BCUT2D eigenvalue weighted by Crippen LogP contribution is -2.32. The number of furan rings is 1. The van der Waals surface area contributed by atoms with E-state index in [1.54, 1.807) is 6.26 Å². The van der Waals surface area contributed by atoms with Gasteiger partial charge in [0.1, 0.15) is 11.9 Å². The van der Waals surface area contributed by atoms with E-state index < -0.39 is 0 Å². The number of piperidine rings is 1. The average molecular weight is 246 g/mol. The third kappa shape index (κ3) is 3.81. The Morgan fingerprint density at radius 1 is 1.62 bits per heavy atom. The van der Waals surface area contributed by atoms with E-state index >= 15 is 0 Å². The van der Waals surface area contributed by atoms with Gasteiger partial charge in [-0.2, -0.15) is 0 Å². The van der Waals surface area contributed by atoms with Crippen molar-refractivity contribution in [3.8, 4) is 0 Å². The third-order valence-corrected chi connectivity index (χ3v) is 2.92. The maximum Gasteiger partial charge on any atom is 0.132 e. The van der Waals surface area contributed by atoms with Crippen LogP contribution in [-0.4, -0.2) is 19.7 Å². The van der Waals surface area contributed by atoms with E-state index in [1.807, 2.05) is 19.1 Å². The zero-order valence-corrected chi connectivity index (χ0v) is 10.5. The minimum atomic E-state index is 0. The standard InChI is InChI=1S/C12H19NO2.ClH/c1-10(12-5-3-7-14-12)15-9-11-4-2-6-13-8-11;/h3,5,7,10-11,13H,2,4,6,8-9H2,1H3;1H. The van der Waals surface area contributed by atoms with E-state index in [0.29, 0.717) is 5.92 Å². The Balaban J connectivity index is 0.00000128. The molecule has 2 unspecified atom stereocenters. The van der Waals surface area contributed by atoms with Crippen LogP contribution in [-0.2, 0) is 4.74 Å². The summed E-state index contributed by atoms with van der Waals surface area (Å²) >= 11 is 0. The molecule has 0 aromatic carbocycles. The summed E-state index contributed by atoms with van der Waals surface area (Å²) in [5.74, 6) is 1.58. The minimum absolute atomic E-state index is 0. The Morgan fingerprint density at radius 2 is 2.50 bits per heavy atom. The van der Waals surface area contributed by atoms with E-state index in [2.05, 4.69) is 5.32 Å². The predicted octanol–water partition coefficient (Wildman–Crippen LogP) is 2.78. The summed E-state index contributed by atoms with van der Waals surface area (Å²) in [5.41, 5.74) is 0. The Bertz CT molecular complexity index is 271. The number of nitrogens with one attached hydrogen (secondary N) is 1. The molecule has 1 fully saturated rings. The van der Waals surface area contributed by atoms with Crippen molar-refractivity contribution in [3.63, 3.8) is 0 Å². The van der Waals surface area contributed by atoms with Crippen LogP contribution < -0.4 is 5.32 Å². The van der Waals surface area contributed by atoms with Gasteiger partial charge in [-0.15, -0.1) is 12.4 Å². The first-order chi connectivity index (χ1) is 7.36. The van der Waals surface area contributed by atoms with Crippen molar-refractivity contribution >= 4 is 12.4 Å². The molecule has 1 N–H and O–H groups in total. The first-order valence-electron chi connectivity index (χ1n) is 5.72. The second-order valence-electron chi connectivity index (χ2n) is 4.20. The summed E-state index contributed by atoms with van der Waals surface area (Å²) in [5, 5.41) is 3.39. The van der Waals surface area contributed by atoms with Crippen LogP contribution >= 0.6 is 12.4 Å². The maximum atomic E-state index is 5.79. The zero-order valence-electron chi connectivity index (χ0n) is 9.65. The second-order valence-corrected chi connectivity index (χ2v) is 4.20. The minimum Gasteiger partial charge on any atom is -0.467 e. The monoisotopic (exact) mass is 245 g/mol. The Morgan fingerprint density at radius 3 is 3.12 bits per heavy atom. The van der Waals surface area contributed by atoms with Gasteiger partial charge in [0.25, 0.3) is 0 Å². The smallest absolute Gasteiger partial charge is 0.132 e. The Hall–Kier alpha value is -0.510. The highest BCUT2D eigenvalue weighted by atomic mass is 35.5. The lowest BCUT2D eigenvalue weighted by molar-refractivity contribution is 0.0217. The molecule has 0 bridgehead atoms. The quantitative estimate of drug-likeness (QED) is 0.886. The Labute approximate surface area is 103 Å². The molecule has 3 nitrogen and oxygen atoms in total. The maximum absolute atomic E-state index is 5.79. The molecule has 0 radical (unpaired) electrons. The molecule has 0 spiro atoms. The SMILES string of the molecule is CC(OCC1CCCNC1)c1ccco1.Cl. The molecule has 0 aliphatic carbocycles. The highest BCUT2D eigenvalue weighted by Gasteiger charge is 2.15. The van der Waals surface area contributed by atoms with Gasteiger partial charge in [-0.3, -0.25) is 0 Å². The van der Waals surface area contributed by atoms with Crippen molar-refractivity contribution in [2.45, 2.75) is 25.9 Å². The predicted molar refractivity (Wildman–Crippen MR) is 65.9 cm³/mol. The van der Waals surface area contributed by atoms with Crippen molar-refractivity contribution in [1.29, 1.82) is 0 Å². The van der Waals surface area contributed by atoms with Crippen molar-refractivity contribution in [2.75, 3.05) is 19.7 Å². The second kappa shape index (κ2) is 6.94. The van der Waals surface area contributed by atoms with Crippen molar-refractivity contribution in [3.05, 3.63) is 24.2 Å². The molecule has 4 heteroatoms. The van der Waals surface area contributed by atoms with Crippen LogP contribution in [0.1, 0.15) is 31.6 Å². The molecule has 1 aliphatic rings. The number of hydrogen-bond acceptors (Lipinski definition) is 3. The van der Waals surface area contributed by atoms with Gasteiger partial charge in [-0.1, -0.05) is 0 Å². The lowest BCUT2D eigenvalue weighted by atomic mass is 10.0. The molecule has 92 valence electrons. The highest BCUT2D eigenvalue weighted by Crippen LogP contribution is 2.19. The van der Waals surface area contributed by atoms with E-state index in [9.17, 15) is 0 Å². The molecule has 2 atom stereocenters. The van der Waals surface area contributed by atoms with Gasteiger partial charge in [-0.05, 0) is 44.4 Å². The molecule has 0 amide bonds. The molecular weight excluding hydrogens is 226 g/mol. The fraction of sp³-hybridized carbons (Fsp3) is 0.667. The average Bonchev–Trinajstić information content (AvgIpc) is 2.81. The van der Waals surface area contributed by atoms with Gasteiger partial charge in [0.2, 0.25) is 0 Å². The molecule has 1 saturated heterocycles. The molecular formula is C12H20ClNO2. The van der Waals surface area contributed by atoms with Gasteiger partial charge >= 0.3 is 0 Å². The molecule has 16 heavy (non-hydrogen) atoms. The number of rotatable bonds is 4. The molecule has 2 heterocycles. The van der Waals surface area contributed by atoms with Gasteiger partial charge in [-0.25, -0.2) is 0 Å².